The molecule has 29 heavy (non-hydrogen) atoms. The van der Waals surface area contributed by atoms with Gasteiger partial charge < -0.3 is 15.3 Å². The molecule has 0 spiro atoms. The van der Waals surface area contributed by atoms with Crippen molar-refractivity contribution in [1.82, 2.24) is 0 Å². The molecule has 0 aliphatic rings. The van der Waals surface area contributed by atoms with Crippen molar-refractivity contribution in [2.45, 2.75) is 109 Å². The Kier molecular flexibility index (Phi) is 23.4. The Morgan fingerprint density at radius 3 is 1.62 bits per heavy atom. The van der Waals surface area contributed by atoms with Gasteiger partial charge in [0.2, 0.25) is 0 Å². The van der Waals surface area contributed by atoms with E-state index in [1.165, 1.54) is 70.6 Å². The fourth-order valence-electron chi connectivity index (χ4n) is 3.14. The predicted octanol–water partition coefficient (Wildman–Crippen LogP) is 2.65. The molecule has 0 radical (unpaired) electrons. The molecular weight excluding hydrogens is 405 g/mol. The van der Waals surface area contributed by atoms with Gasteiger partial charge in [-0.2, -0.15) is 8.42 Å². The zero-order valence-electron chi connectivity index (χ0n) is 18.5. The topological polar surface area (TPSA) is 114 Å². The van der Waals surface area contributed by atoms with Crippen LogP contribution in [0.25, 0.3) is 5.73 Å². The van der Waals surface area contributed by atoms with Crippen molar-refractivity contribution in [3.05, 3.63) is 5.73 Å². The van der Waals surface area contributed by atoms with Crippen LogP contribution in [0.15, 0.2) is 0 Å². The molecule has 0 aromatic heterocycles. The molecule has 9 heteroatoms. The number of nitrogens with one attached hydrogen (secondary N) is 1. The van der Waals surface area contributed by atoms with Gasteiger partial charge in [-0.25, -0.2) is 4.18 Å². The van der Waals surface area contributed by atoms with Crippen LogP contribution in [0.4, 0.5) is 0 Å². The Hall–Kier alpha value is 0.300. The van der Waals surface area contributed by atoms with Crippen LogP contribution >= 0.6 is 0 Å². The molecule has 0 fully saturated rings. The summed E-state index contributed by atoms with van der Waals surface area (Å²) in [5.74, 6) is -0.818. The Balaban J connectivity index is 0. The first-order chi connectivity index (χ1) is 13.4. The van der Waals surface area contributed by atoms with Crippen LogP contribution < -0.4 is 29.6 Å². The van der Waals surface area contributed by atoms with Gasteiger partial charge in [-0.15, -0.1) is 0 Å². The van der Waals surface area contributed by atoms with E-state index in [-0.39, 0.29) is 42.8 Å². The number of hydrogen-bond acceptors (Lipinski definition) is 5. The Morgan fingerprint density at radius 2 is 1.24 bits per heavy atom. The third kappa shape index (κ3) is 24.4. The van der Waals surface area contributed by atoms with E-state index in [0.29, 0.717) is 6.42 Å². The van der Waals surface area contributed by atoms with Gasteiger partial charge in [-0.1, -0.05) is 96.8 Å². The van der Waals surface area contributed by atoms with Crippen molar-refractivity contribution in [3.63, 3.8) is 0 Å². The molecule has 0 saturated heterocycles. The summed E-state index contributed by atoms with van der Waals surface area (Å²) in [6, 6.07) is 0. The molecule has 0 rings (SSSR count). The Bertz CT molecular complexity index is 476. The summed E-state index contributed by atoms with van der Waals surface area (Å²) in [6.07, 6.45) is 17.1. The molecule has 0 heterocycles. The molecule has 0 aromatic carbocycles. The van der Waals surface area contributed by atoms with E-state index in [1.807, 2.05) is 0 Å². The molecule has 168 valence electrons. The van der Waals surface area contributed by atoms with Gasteiger partial charge >= 0.3 is 40.0 Å². The zero-order valence-corrected chi connectivity index (χ0v) is 21.3. The zero-order chi connectivity index (χ0) is 21.1. The van der Waals surface area contributed by atoms with E-state index in [9.17, 15) is 13.2 Å². The van der Waals surface area contributed by atoms with Crippen LogP contribution in [-0.4, -0.2) is 38.2 Å². The maximum absolute atomic E-state index is 11.2. The molecule has 1 unspecified atom stereocenters. The number of rotatable bonds is 21. The van der Waals surface area contributed by atoms with E-state index in [4.69, 9.17) is 15.0 Å². The number of ether oxygens (including phenoxy) is 1. The number of hydrogen-bond donors (Lipinski definition) is 1. The number of unbranched alkanes of at least 4 members (excludes halogenated alkanes) is 13. The van der Waals surface area contributed by atoms with E-state index < -0.39 is 22.4 Å². The predicted molar refractivity (Wildman–Crippen MR) is 111 cm³/mol. The summed E-state index contributed by atoms with van der Waals surface area (Å²) in [4.78, 5) is 11.2. The number of carbonyl (C=O) groups excluding carboxylic acids is 1. The van der Waals surface area contributed by atoms with Crippen LogP contribution in [0.2, 0.25) is 0 Å². The summed E-state index contributed by atoms with van der Waals surface area (Å²) >= 11 is 0. The molecular formula is C20H40NNaO6S. The van der Waals surface area contributed by atoms with Gasteiger partial charge in [0.05, 0.1) is 25.2 Å². The van der Waals surface area contributed by atoms with Crippen LogP contribution in [0, 0.1) is 0 Å². The fraction of sp³-hybridized carbons (Fsp3) is 0.950. The molecule has 7 nitrogen and oxygen atoms in total. The molecule has 0 bridgehead atoms. The maximum atomic E-state index is 11.2. The van der Waals surface area contributed by atoms with Gasteiger partial charge in [-0.3, -0.25) is 4.55 Å². The van der Waals surface area contributed by atoms with Gasteiger partial charge in [0.15, 0.2) is 0 Å². The SMILES string of the molecule is CCCCCCCCCCCCCCCCC(OCCOS(=O)(=O)O)C([NH-])=O.[Na+]. The van der Waals surface area contributed by atoms with E-state index in [1.54, 1.807) is 0 Å². The molecule has 0 aromatic rings. The van der Waals surface area contributed by atoms with E-state index in [2.05, 4.69) is 11.1 Å². The molecule has 1 atom stereocenters. The first-order valence-corrected chi connectivity index (χ1v) is 12.2. The van der Waals surface area contributed by atoms with Crippen molar-refractivity contribution in [2.75, 3.05) is 13.2 Å². The first kappa shape index (κ1) is 31.5. The van der Waals surface area contributed by atoms with E-state index >= 15 is 0 Å². The summed E-state index contributed by atoms with van der Waals surface area (Å²) in [6.45, 7) is 1.71. The minimum atomic E-state index is -4.50. The standard InChI is InChI=1S/C20H41NO6S.Na/c1-2-3-4-5-6-7-8-9-10-11-12-13-14-15-16-19(20(21)22)26-17-18-27-28(23,24)25;/h19H,2-18H2,1H3,(H3,21,22,23,24,25);/q;+1/p-1. The van der Waals surface area contributed by atoms with Crippen molar-refractivity contribution in [3.8, 4) is 0 Å². The summed E-state index contributed by atoms with van der Waals surface area (Å²) < 4.78 is 38.5. The number of amides is 1. The summed E-state index contributed by atoms with van der Waals surface area (Å²) in [5.41, 5.74) is 7.19. The third-order valence-corrected chi connectivity index (χ3v) is 5.21. The monoisotopic (exact) mass is 445 g/mol. The van der Waals surface area contributed by atoms with Crippen molar-refractivity contribution in [1.29, 1.82) is 0 Å². The van der Waals surface area contributed by atoms with Gasteiger partial charge in [0.25, 0.3) is 0 Å². The summed E-state index contributed by atoms with van der Waals surface area (Å²) in [5, 5.41) is 0. The molecule has 1 amide bonds. The molecule has 2 N–H and O–H groups in total. The van der Waals surface area contributed by atoms with Crippen LogP contribution in [0.1, 0.15) is 103 Å². The van der Waals surface area contributed by atoms with Gasteiger partial charge in [-0.05, 0) is 6.42 Å². The van der Waals surface area contributed by atoms with Crippen molar-refractivity contribution < 1.29 is 56.2 Å². The summed E-state index contributed by atoms with van der Waals surface area (Å²) in [7, 11) is -4.50. The minimum Gasteiger partial charge on any atom is -0.666 e. The maximum Gasteiger partial charge on any atom is 1.00 e. The largest absolute Gasteiger partial charge is 1.00 e. The van der Waals surface area contributed by atoms with Crippen LogP contribution in [0.3, 0.4) is 0 Å². The second-order valence-corrected chi connectivity index (χ2v) is 8.45. The van der Waals surface area contributed by atoms with Crippen LogP contribution in [-0.2, 0) is 24.1 Å². The Morgan fingerprint density at radius 1 is 0.828 bits per heavy atom. The average molecular weight is 446 g/mol. The number of carbonyl (C=O) groups is 1. The van der Waals surface area contributed by atoms with E-state index in [0.717, 1.165) is 19.3 Å². The Labute approximate surface area is 200 Å². The van der Waals surface area contributed by atoms with Gasteiger partial charge in [0.1, 0.15) is 0 Å². The minimum absolute atomic E-state index is 0. The van der Waals surface area contributed by atoms with Gasteiger partial charge in [0, 0.05) is 0 Å². The quantitative estimate of drug-likeness (QED) is 0.165. The normalized spacial score (nSPS) is 12.5. The second kappa shape index (κ2) is 21.5. The van der Waals surface area contributed by atoms with Crippen LogP contribution in [0.5, 0.6) is 0 Å². The fourth-order valence-corrected chi connectivity index (χ4v) is 3.42. The second-order valence-electron chi connectivity index (χ2n) is 7.36. The smallest absolute Gasteiger partial charge is 0.666 e. The van der Waals surface area contributed by atoms with Crippen molar-refractivity contribution >= 4 is 16.3 Å². The molecule has 0 aliphatic heterocycles. The molecule has 0 saturated carbocycles. The first-order valence-electron chi connectivity index (χ1n) is 10.9. The molecule has 0 aliphatic carbocycles. The van der Waals surface area contributed by atoms with Crippen molar-refractivity contribution in [2.24, 2.45) is 0 Å². The average Bonchev–Trinajstić information content (AvgIpc) is 2.62. The third-order valence-electron chi connectivity index (χ3n) is 4.75.